The van der Waals surface area contributed by atoms with E-state index in [-0.39, 0.29) is 5.75 Å². The van der Waals surface area contributed by atoms with Crippen LogP contribution in [0, 0.1) is 13.8 Å². The number of aromatic hydroxyl groups is 1. The van der Waals surface area contributed by atoms with Gasteiger partial charge in [-0.25, -0.2) is 0 Å². The largest absolute Gasteiger partial charge is 0.506 e. The summed E-state index contributed by atoms with van der Waals surface area (Å²) < 4.78 is 0. The van der Waals surface area contributed by atoms with Crippen LogP contribution in [0.5, 0.6) is 5.75 Å². The molecule has 0 spiro atoms. The first-order chi connectivity index (χ1) is 4.20. The van der Waals surface area contributed by atoms with E-state index in [1.807, 2.05) is 6.92 Å². The molecule has 1 aromatic heterocycles. The molecule has 1 heterocycles. The Labute approximate surface area is 54.2 Å². The van der Waals surface area contributed by atoms with E-state index in [4.69, 9.17) is 5.11 Å². The van der Waals surface area contributed by atoms with Crippen molar-refractivity contribution in [3.05, 3.63) is 30.4 Å². The van der Waals surface area contributed by atoms with Crippen molar-refractivity contribution in [2.24, 2.45) is 0 Å². The van der Waals surface area contributed by atoms with E-state index in [1.165, 1.54) is 0 Å². The maximum Gasteiger partial charge on any atom is 0.137 e. The van der Waals surface area contributed by atoms with Gasteiger partial charge in [-0.2, -0.15) is 0 Å². The Kier molecular flexibility index (Phi) is 1.39. The van der Waals surface area contributed by atoms with Gasteiger partial charge in [0.05, 0.1) is 5.69 Å². The number of aromatic nitrogens is 1. The van der Waals surface area contributed by atoms with Crippen molar-refractivity contribution < 1.29 is 5.11 Å². The summed E-state index contributed by atoms with van der Waals surface area (Å²) in [4.78, 5) is 3.91. The lowest BCUT2D eigenvalue weighted by atomic mass is 10.3. The van der Waals surface area contributed by atoms with Crippen molar-refractivity contribution in [3.63, 3.8) is 0 Å². The van der Waals surface area contributed by atoms with Crippen LogP contribution in [0.4, 0.5) is 0 Å². The third-order valence-electron chi connectivity index (χ3n) is 1.09. The van der Waals surface area contributed by atoms with E-state index in [0.29, 0.717) is 5.69 Å². The molecule has 0 aliphatic rings. The van der Waals surface area contributed by atoms with Crippen LogP contribution in [0.25, 0.3) is 0 Å². The molecule has 9 heavy (non-hydrogen) atoms. The summed E-state index contributed by atoms with van der Waals surface area (Å²) in [6.07, 6.45) is 0. The summed E-state index contributed by atoms with van der Waals surface area (Å²) in [5, 5.41) is 8.92. The van der Waals surface area contributed by atoms with E-state index in [0.717, 1.165) is 5.69 Å². The van der Waals surface area contributed by atoms with Crippen molar-refractivity contribution >= 4 is 0 Å². The highest BCUT2D eigenvalue weighted by Gasteiger charge is 1.93. The number of pyridine rings is 1. The Balaban J connectivity index is 3.17. The summed E-state index contributed by atoms with van der Waals surface area (Å²) in [5.41, 5.74) is 1.31. The van der Waals surface area contributed by atoms with Gasteiger partial charge in [-0.3, -0.25) is 4.98 Å². The first-order valence-corrected chi connectivity index (χ1v) is 2.69. The van der Waals surface area contributed by atoms with E-state index >= 15 is 0 Å². The van der Waals surface area contributed by atoms with Crippen molar-refractivity contribution in [1.29, 1.82) is 0 Å². The lowest BCUT2D eigenvalue weighted by Gasteiger charge is -1.96. The van der Waals surface area contributed by atoms with Gasteiger partial charge in [-0.05, 0) is 26.0 Å². The quantitative estimate of drug-likeness (QED) is 0.562. The second-order valence-corrected chi connectivity index (χ2v) is 1.92. The molecule has 1 N–H and O–H groups in total. The SMILES string of the molecule is [CH2]c1nc(C)ccc1O. The fourth-order valence-electron chi connectivity index (χ4n) is 0.603. The molecule has 0 saturated heterocycles. The Hall–Kier alpha value is -1.05. The van der Waals surface area contributed by atoms with Crippen LogP contribution in [0.15, 0.2) is 12.1 Å². The molecule has 0 fully saturated rings. The molecule has 0 atom stereocenters. The molecule has 0 saturated carbocycles. The van der Waals surface area contributed by atoms with Crippen molar-refractivity contribution in [3.8, 4) is 5.75 Å². The Morgan fingerprint density at radius 1 is 1.56 bits per heavy atom. The average Bonchev–Trinajstić information content (AvgIpc) is 1.80. The smallest absolute Gasteiger partial charge is 0.137 e. The highest BCUT2D eigenvalue weighted by atomic mass is 16.3. The minimum Gasteiger partial charge on any atom is -0.506 e. The molecule has 2 nitrogen and oxygen atoms in total. The van der Waals surface area contributed by atoms with Crippen LogP contribution in [0.2, 0.25) is 0 Å². The van der Waals surface area contributed by atoms with Crippen LogP contribution < -0.4 is 0 Å². The summed E-state index contributed by atoms with van der Waals surface area (Å²) >= 11 is 0. The zero-order valence-electron chi connectivity index (χ0n) is 5.26. The highest BCUT2D eigenvalue weighted by Crippen LogP contribution is 2.11. The number of rotatable bonds is 0. The molecular formula is C7H8NO. The van der Waals surface area contributed by atoms with Gasteiger partial charge in [0.1, 0.15) is 5.75 Å². The lowest BCUT2D eigenvalue weighted by molar-refractivity contribution is 0.469. The Morgan fingerprint density at radius 3 is 2.67 bits per heavy atom. The van der Waals surface area contributed by atoms with Gasteiger partial charge in [0.2, 0.25) is 0 Å². The standard InChI is InChI=1S/C7H8NO/c1-5-3-4-7(9)6(2)8-5/h3-4,9H,2H2,1H3. The van der Waals surface area contributed by atoms with Gasteiger partial charge < -0.3 is 5.11 Å². The first-order valence-electron chi connectivity index (χ1n) is 2.69. The molecule has 0 aromatic carbocycles. The Bertz CT molecular complexity index is 220. The van der Waals surface area contributed by atoms with Crippen molar-refractivity contribution in [1.82, 2.24) is 4.98 Å². The third-order valence-corrected chi connectivity index (χ3v) is 1.09. The second-order valence-electron chi connectivity index (χ2n) is 1.92. The average molecular weight is 122 g/mol. The topological polar surface area (TPSA) is 33.1 Å². The number of hydrogen-bond donors (Lipinski definition) is 1. The predicted molar refractivity (Wildman–Crippen MR) is 35.1 cm³/mol. The van der Waals surface area contributed by atoms with Crippen LogP contribution in [-0.2, 0) is 0 Å². The van der Waals surface area contributed by atoms with Gasteiger partial charge >= 0.3 is 0 Å². The van der Waals surface area contributed by atoms with Gasteiger partial charge in [0.25, 0.3) is 0 Å². The van der Waals surface area contributed by atoms with Crippen LogP contribution in [0.1, 0.15) is 11.4 Å². The second kappa shape index (κ2) is 2.05. The predicted octanol–water partition coefficient (Wildman–Crippen LogP) is 1.28. The first kappa shape index (κ1) is 6.08. The van der Waals surface area contributed by atoms with Crippen LogP contribution in [0.3, 0.4) is 0 Å². The molecule has 1 rings (SSSR count). The zero-order chi connectivity index (χ0) is 6.85. The molecule has 0 amide bonds. The summed E-state index contributed by atoms with van der Waals surface area (Å²) in [6.45, 7) is 5.38. The molecule has 0 aliphatic carbocycles. The van der Waals surface area contributed by atoms with Crippen LogP contribution in [-0.4, -0.2) is 10.1 Å². The number of nitrogens with zero attached hydrogens (tertiary/aromatic N) is 1. The maximum absolute atomic E-state index is 8.92. The molecule has 0 unspecified atom stereocenters. The van der Waals surface area contributed by atoms with E-state index in [1.54, 1.807) is 12.1 Å². The summed E-state index contributed by atoms with van der Waals surface area (Å²) in [6, 6.07) is 3.33. The molecule has 0 aliphatic heterocycles. The van der Waals surface area contributed by atoms with Gasteiger partial charge in [-0.1, -0.05) is 0 Å². The molecule has 1 aromatic rings. The van der Waals surface area contributed by atoms with Crippen LogP contribution >= 0.6 is 0 Å². The monoisotopic (exact) mass is 122 g/mol. The molecular weight excluding hydrogens is 114 g/mol. The third kappa shape index (κ3) is 1.19. The molecule has 1 radical (unpaired) electrons. The minimum atomic E-state index is 0.153. The van der Waals surface area contributed by atoms with Crippen molar-refractivity contribution in [2.45, 2.75) is 6.92 Å². The lowest BCUT2D eigenvalue weighted by Crippen LogP contribution is -1.83. The fourth-order valence-corrected chi connectivity index (χ4v) is 0.603. The van der Waals surface area contributed by atoms with Gasteiger partial charge in [0.15, 0.2) is 0 Å². The molecule has 47 valence electrons. The summed E-state index contributed by atoms with van der Waals surface area (Å²) in [7, 11) is 0. The van der Waals surface area contributed by atoms with E-state index < -0.39 is 0 Å². The molecule has 0 bridgehead atoms. The maximum atomic E-state index is 8.92. The summed E-state index contributed by atoms with van der Waals surface area (Å²) in [5.74, 6) is 0.153. The minimum absolute atomic E-state index is 0.153. The fraction of sp³-hybridized carbons (Fsp3) is 0.143. The van der Waals surface area contributed by atoms with Gasteiger partial charge in [-0.15, -0.1) is 0 Å². The Morgan fingerprint density at radius 2 is 2.22 bits per heavy atom. The highest BCUT2D eigenvalue weighted by molar-refractivity contribution is 5.29. The normalized spacial score (nSPS) is 9.56. The van der Waals surface area contributed by atoms with Gasteiger partial charge in [0, 0.05) is 5.69 Å². The van der Waals surface area contributed by atoms with E-state index in [9.17, 15) is 0 Å². The van der Waals surface area contributed by atoms with Crippen molar-refractivity contribution in [2.75, 3.05) is 0 Å². The number of hydrogen-bond acceptors (Lipinski definition) is 2. The zero-order valence-corrected chi connectivity index (χ0v) is 5.26. The molecule has 2 heteroatoms. The van der Waals surface area contributed by atoms with E-state index in [2.05, 4.69) is 11.9 Å². The number of aryl methyl sites for hydroxylation is 1.